The molecule has 0 aromatic rings. The quantitative estimate of drug-likeness (QED) is 0.410. The molecule has 4 saturated carbocycles. The molecule has 0 radical (unpaired) electrons. The molecular weight excluding hydrogens is 422 g/mol. The van der Waals surface area contributed by atoms with Crippen LogP contribution in [-0.2, 0) is 9.59 Å². The van der Waals surface area contributed by atoms with Crippen LogP contribution in [0.3, 0.4) is 0 Å². The number of hydrogen-bond donors (Lipinski definition) is 5. The molecule has 0 unspecified atom stereocenters. The first-order valence-electron chi connectivity index (χ1n) is 13.0. The standard InChI is InChI=1S/C26H43NO6/c1-14(4-7-22(30)27-13-23(31)32)18-5-6-19-24-20(10-15(2)26(18,19)33)25(3)9-8-17(28)11-16(25)12-21(24)29/h14-21,24,28-29,33H,4-13H2,1-3H3,(H,27,30)(H,31,32)/t14-,15+,16-,17-,18-,19+,20-,21-,24+,25+,26+/m1/s1. The molecule has 4 aliphatic rings. The van der Waals surface area contributed by atoms with Crippen molar-refractivity contribution < 1.29 is 30.0 Å². The molecule has 7 heteroatoms. The maximum absolute atomic E-state index is 12.2. The van der Waals surface area contributed by atoms with Crippen molar-refractivity contribution >= 4 is 11.9 Å². The fourth-order valence-corrected chi connectivity index (χ4v) is 8.84. The molecular formula is C26H43NO6. The third-order valence-electron chi connectivity index (χ3n) is 10.6. The van der Waals surface area contributed by atoms with Crippen molar-refractivity contribution in [3.05, 3.63) is 0 Å². The second-order valence-electron chi connectivity index (χ2n) is 12.1. The van der Waals surface area contributed by atoms with Crippen molar-refractivity contribution in [2.45, 2.75) is 96.4 Å². The van der Waals surface area contributed by atoms with E-state index in [9.17, 15) is 24.9 Å². The number of amides is 1. The van der Waals surface area contributed by atoms with Gasteiger partial charge in [-0.15, -0.1) is 0 Å². The van der Waals surface area contributed by atoms with Crippen molar-refractivity contribution in [3.63, 3.8) is 0 Å². The van der Waals surface area contributed by atoms with Crippen LogP contribution < -0.4 is 5.32 Å². The summed E-state index contributed by atoms with van der Waals surface area (Å²) in [6.45, 7) is 6.28. The minimum atomic E-state index is -1.05. The van der Waals surface area contributed by atoms with Crippen LogP contribution in [0.5, 0.6) is 0 Å². The van der Waals surface area contributed by atoms with Crippen LogP contribution in [0.2, 0.25) is 0 Å². The molecule has 4 aliphatic carbocycles. The molecule has 0 spiro atoms. The predicted octanol–water partition coefficient (Wildman–Crippen LogP) is 2.56. The number of nitrogens with one attached hydrogen (secondary N) is 1. The molecule has 11 atom stereocenters. The van der Waals surface area contributed by atoms with E-state index in [1.165, 1.54) is 0 Å². The van der Waals surface area contributed by atoms with E-state index < -0.39 is 17.7 Å². The zero-order valence-electron chi connectivity index (χ0n) is 20.4. The molecule has 188 valence electrons. The predicted molar refractivity (Wildman–Crippen MR) is 123 cm³/mol. The lowest BCUT2D eigenvalue weighted by molar-refractivity contribution is -0.220. The first-order chi connectivity index (χ1) is 15.5. The second-order valence-corrected chi connectivity index (χ2v) is 12.1. The third kappa shape index (κ3) is 4.23. The van der Waals surface area contributed by atoms with Gasteiger partial charge in [0, 0.05) is 6.42 Å². The number of carbonyl (C=O) groups is 2. The second kappa shape index (κ2) is 9.12. The minimum absolute atomic E-state index is 0.0687. The topological polar surface area (TPSA) is 127 Å². The number of aliphatic hydroxyl groups excluding tert-OH is 2. The molecule has 4 rings (SSSR count). The number of aliphatic carboxylic acids is 1. The van der Waals surface area contributed by atoms with Gasteiger partial charge in [-0.1, -0.05) is 20.8 Å². The zero-order valence-corrected chi connectivity index (χ0v) is 20.4. The van der Waals surface area contributed by atoms with Crippen LogP contribution in [0.4, 0.5) is 0 Å². The van der Waals surface area contributed by atoms with E-state index in [1.807, 2.05) is 0 Å². The summed E-state index contributed by atoms with van der Waals surface area (Å²) in [6, 6.07) is 0. The number of rotatable bonds is 6. The Morgan fingerprint density at radius 2 is 1.82 bits per heavy atom. The summed E-state index contributed by atoms with van der Waals surface area (Å²) in [5.74, 6) is -0.0912. The summed E-state index contributed by atoms with van der Waals surface area (Å²) < 4.78 is 0. The minimum Gasteiger partial charge on any atom is -0.480 e. The van der Waals surface area contributed by atoms with E-state index in [4.69, 9.17) is 5.11 Å². The van der Waals surface area contributed by atoms with Gasteiger partial charge in [-0.2, -0.15) is 0 Å². The average molecular weight is 466 g/mol. The lowest BCUT2D eigenvalue weighted by Gasteiger charge is -2.63. The van der Waals surface area contributed by atoms with Crippen molar-refractivity contribution in [1.29, 1.82) is 0 Å². The van der Waals surface area contributed by atoms with Crippen LogP contribution in [0.25, 0.3) is 0 Å². The Kier molecular flexibility index (Phi) is 6.89. The molecule has 0 heterocycles. The van der Waals surface area contributed by atoms with Crippen molar-refractivity contribution in [3.8, 4) is 0 Å². The Labute approximate surface area is 197 Å². The molecule has 4 fully saturated rings. The van der Waals surface area contributed by atoms with Gasteiger partial charge in [-0.25, -0.2) is 0 Å². The van der Waals surface area contributed by atoms with Crippen molar-refractivity contribution in [2.24, 2.45) is 46.8 Å². The molecule has 5 N–H and O–H groups in total. The highest BCUT2D eigenvalue weighted by Crippen LogP contribution is 2.66. The Hall–Kier alpha value is -1.18. The van der Waals surface area contributed by atoms with Gasteiger partial charge >= 0.3 is 5.97 Å². The highest BCUT2D eigenvalue weighted by Gasteiger charge is 2.66. The van der Waals surface area contributed by atoms with Crippen LogP contribution in [0.1, 0.15) is 78.6 Å². The van der Waals surface area contributed by atoms with Crippen LogP contribution >= 0.6 is 0 Å². The Bertz CT molecular complexity index is 759. The Morgan fingerprint density at radius 1 is 1.09 bits per heavy atom. The van der Waals surface area contributed by atoms with Gasteiger partial charge in [-0.3, -0.25) is 9.59 Å². The Balaban J connectivity index is 1.49. The average Bonchev–Trinajstić information content (AvgIpc) is 3.11. The van der Waals surface area contributed by atoms with E-state index in [1.54, 1.807) is 0 Å². The van der Waals surface area contributed by atoms with Gasteiger partial charge in [0.1, 0.15) is 6.54 Å². The summed E-state index contributed by atoms with van der Waals surface area (Å²) in [5, 5.41) is 44.9. The number of aliphatic hydroxyl groups is 3. The lowest BCUT2D eigenvalue weighted by Crippen LogP contribution is -2.63. The van der Waals surface area contributed by atoms with Crippen molar-refractivity contribution in [1.82, 2.24) is 5.32 Å². The SMILES string of the molecule is C[C@H](CCC(=O)NCC(=O)O)[C@H]1CC[C@H]2[C@@H]3[C@H](O)C[C@H]4C[C@H](O)CC[C@]4(C)[C@@H]3C[C@H](C)[C@]12O. The summed E-state index contributed by atoms with van der Waals surface area (Å²) in [6.07, 6.45) is 6.23. The summed E-state index contributed by atoms with van der Waals surface area (Å²) in [5.41, 5.74) is -0.721. The molecule has 7 nitrogen and oxygen atoms in total. The fourth-order valence-electron chi connectivity index (χ4n) is 8.84. The highest BCUT2D eigenvalue weighted by atomic mass is 16.4. The zero-order chi connectivity index (χ0) is 24.1. The molecule has 0 aromatic carbocycles. The number of fused-ring (bicyclic) bond motifs is 5. The van der Waals surface area contributed by atoms with Crippen LogP contribution in [0, 0.1) is 46.8 Å². The number of carboxylic acid groups (broad SMARTS) is 1. The number of hydrogen-bond acceptors (Lipinski definition) is 5. The molecule has 0 bridgehead atoms. The van der Waals surface area contributed by atoms with E-state index >= 15 is 0 Å². The summed E-state index contributed by atoms with van der Waals surface area (Å²) in [4.78, 5) is 22.7. The highest BCUT2D eigenvalue weighted by molar-refractivity contribution is 5.81. The van der Waals surface area contributed by atoms with Gasteiger partial charge in [0.25, 0.3) is 0 Å². The lowest BCUT2D eigenvalue weighted by atomic mass is 9.43. The summed E-state index contributed by atoms with van der Waals surface area (Å²) >= 11 is 0. The molecule has 33 heavy (non-hydrogen) atoms. The van der Waals surface area contributed by atoms with E-state index in [0.29, 0.717) is 18.3 Å². The van der Waals surface area contributed by atoms with E-state index in [2.05, 4.69) is 26.1 Å². The van der Waals surface area contributed by atoms with Crippen molar-refractivity contribution in [2.75, 3.05) is 6.54 Å². The van der Waals surface area contributed by atoms with E-state index in [-0.39, 0.29) is 60.0 Å². The third-order valence-corrected chi connectivity index (χ3v) is 10.6. The largest absolute Gasteiger partial charge is 0.480 e. The number of carboxylic acids is 1. The monoisotopic (exact) mass is 465 g/mol. The molecule has 0 aromatic heterocycles. The Morgan fingerprint density at radius 3 is 2.52 bits per heavy atom. The van der Waals surface area contributed by atoms with Crippen LogP contribution in [0.15, 0.2) is 0 Å². The first-order valence-corrected chi connectivity index (χ1v) is 13.0. The maximum Gasteiger partial charge on any atom is 0.322 e. The number of carbonyl (C=O) groups excluding carboxylic acids is 1. The maximum atomic E-state index is 12.2. The first kappa shape index (κ1) is 24.9. The van der Waals surface area contributed by atoms with Gasteiger partial charge in [0.15, 0.2) is 0 Å². The molecule has 1 amide bonds. The van der Waals surface area contributed by atoms with Gasteiger partial charge in [0.05, 0.1) is 17.8 Å². The summed E-state index contributed by atoms with van der Waals surface area (Å²) in [7, 11) is 0. The molecule has 0 saturated heterocycles. The fraction of sp³-hybridized carbons (Fsp3) is 0.923. The van der Waals surface area contributed by atoms with Crippen LogP contribution in [-0.4, -0.2) is 56.7 Å². The normalized spacial score (nSPS) is 47.7. The van der Waals surface area contributed by atoms with Gasteiger partial charge < -0.3 is 25.7 Å². The smallest absolute Gasteiger partial charge is 0.322 e. The van der Waals surface area contributed by atoms with Gasteiger partial charge in [0.2, 0.25) is 5.91 Å². The molecule has 0 aliphatic heterocycles. The van der Waals surface area contributed by atoms with Gasteiger partial charge in [-0.05, 0) is 98.2 Å². The van der Waals surface area contributed by atoms with E-state index in [0.717, 1.165) is 44.9 Å².